The number of carboxylic acids is 1. The SMILES string of the molecule is CCC1CC=C(c2c(-c3ccccc3)oc3ncnc(O[C@H](C)CCCCC(=O)O)c23)CC1. The Morgan fingerprint density at radius 1 is 1.24 bits per heavy atom. The first kappa shape index (κ1) is 23.0. The summed E-state index contributed by atoms with van der Waals surface area (Å²) in [6.07, 6.45) is 10.5. The molecule has 1 aromatic carbocycles. The standard InChI is InChI=1S/C27H32N2O4/c1-3-19-13-15-20(16-14-19)23-24-26(32-18(2)9-7-8-12-22(30)31)28-17-29-27(24)33-25(23)21-10-5-4-6-11-21/h4-6,10-11,15,17-19H,3,7-9,12-14,16H2,1-2H3,(H,30,31)/t18-,19?/m1/s1. The Morgan fingerprint density at radius 2 is 2.06 bits per heavy atom. The number of furan rings is 1. The number of carbonyl (C=O) groups is 1. The molecule has 2 aromatic heterocycles. The summed E-state index contributed by atoms with van der Waals surface area (Å²) >= 11 is 0. The minimum Gasteiger partial charge on any atom is -0.481 e. The van der Waals surface area contributed by atoms with Crippen molar-refractivity contribution in [2.24, 2.45) is 5.92 Å². The summed E-state index contributed by atoms with van der Waals surface area (Å²) in [5.41, 5.74) is 3.85. The Kier molecular flexibility index (Phi) is 7.43. The topological polar surface area (TPSA) is 85.5 Å². The Bertz CT molecular complexity index is 1120. The minimum atomic E-state index is -0.761. The number of aromatic nitrogens is 2. The summed E-state index contributed by atoms with van der Waals surface area (Å²) in [4.78, 5) is 19.7. The number of aliphatic carboxylic acids is 1. The Balaban J connectivity index is 1.70. The Labute approximate surface area is 194 Å². The van der Waals surface area contributed by atoms with Gasteiger partial charge in [-0.05, 0) is 56.9 Å². The van der Waals surface area contributed by atoms with Crippen LogP contribution in [0.1, 0.15) is 70.8 Å². The van der Waals surface area contributed by atoms with Crippen LogP contribution in [0.5, 0.6) is 5.88 Å². The number of carboxylic acid groups (broad SMARTS) is 1. The lowest BCUT2D eigenvalue weighted by Gasteiger charge is -2.21. The molecular formula is C27H32N2O4. The number of rotatable bonds is 10. The van der Waals surface area contributed by atoms with Crippen molar-refractivity contribution in [2.75, 3.05) is 0 Å². The predicted molar refractivity (Wildman–Crippen MR) is 129 cm³/mol. The molecule has 174 valence electrons. The van der Waals surface area contributed by atoms with Gasteiger partial charge in [0.1, 0.15) is 17.5 Å². The highest BCUT2D eigenvalue weighted by Gasteiger charge is 2.26. The lowest BCUT2D eigenvalue weighted by molar-refractivity contribution is -0.137. The summed E-state index contributed by atoms with van der Waals surface area (Å²) < 4.78 is 12.6. The van der Waals surface area contributed by atoms with Crippen LogP contribution >= 0.6 is 0 Å². The van der Waals surface area contributed by atoms with Crippen molar-refractivity contribution in [1.29, 1.82) is 0 Å². The van der Waals surface area contributed by atoms with Gasteiger partial charge < -0.3 is 14.3 Å². The zero-order chi connectivity index (χ0) is 23.2. The van der Waals surface area contributed by atoms with Crippen LogP contribution in [0.3, 0.4) is 0 Å². The second kappa shape index (κ2) is 10.6. The minimum absolute atomic E-state index is 0.0929. The molecule has 4 rings (SSSR count). The van der Waals surface area contributed by atoms with E-state index in [0.29, 0.717) is 18.0 Å². The maximum atomic E-state index is 10.8. The Hall–Kier alpha value is -3.15. The molecule has 0 radical (unpaired) electrons. The van der Waals surface area contributed by atoms with Crippen LogP contribution in [-0.4, -0.2) is 27.1 Å². The largest absolute Gasteiger partial charge is 0.481 e. The fourth-order valence-corrected chi connectivity index (χ4v) is 4.54. The zero-order valence-electron chi connectivity index (χ0n) is 19.4. The number of unbranched alkanes of at least 4 members (excludes halogenated alkanes) is 1. The molecule has 1 aliphatic carbocycles. The third-order valence-electron chi connectivity index (χ3n) is 6.47. The highest BCUT2D eigenvalue weighted by atomic mass is 16.5. The van der Waals surface area contributed by atoms with E-state index in [9.17, 15) is 4.79 Å². The van der Waals surface area contributed by atoms with Crippen molar-refractivity contribution in [3.05, 3.63) is 48.3 Å². The summed E-state index contributed by atoms with van der Waals surface area (Å²) in [6.45, 7) is 4.25. The lowest BCUT2D eigenvalue weighted by Crippen LogP contribution is -2.13. The average molecular weight is 449 g/mol. The summed E-state index contributed by atoms with van der Waals surface area (Å²) in [5, 5.41) is 9.68. The van der Waals surface area contributed by atoms with E-state index in [4.69, 9.17) is 14.3 Å². The van der Waals surface area contributed by atoms with E-state index in [0.717, 1.165) is 60.3 Å². The van der Waals surface area contributed by atoms with Crippen molar-refractivity contribution in [1.82, 2.24) is 9.97 Å². The van der Waals surface area contributed by atoms with Crippen molar-refractivity contribution >= 4 is 22.6 Å². The average Bonchev–Trinajstić information content (AvgIpc) is 3.23. The van der Waals surface area contributed by atoms with Gasteiger partial charge >= 0.3 is 5.97 Å². The number of hydrogen-bond acceptors (Lipinski definition) is 5. The molecule has 1 N–H and O–H groups in total. The molecule has 3 aromatic rings. The first-order valence-corrected chi connectivity index (χ1v) is 12.0. The van der Waals surface area contributed by atoms with Gasteiger partial charge in [0, 0.05) is 17.5 Å². The van der Waals surface area contributed by atoms with Gasteiger partial charge in [0.15, 0.2) is 0 Å². The van der Waals surface area contributed by atoms with Gasteiger partial charge in [-0.2, -0.15) is 0 Å². The molecule has 0 amide bonds. The van der Waals surface area contributed by atoms with Crippen LogP contribution in [0.25, 0.3) is 28.0 Å². The molecule has 0 spiro atoms. The maximum absolute atomic E-state index is 10.8. The summed E-state index contributed by atoms with van der Waals surface area (Å²) in [5.74, 6) is 1.31. The molecule has 0 saturated carbocycles. The van der Waals surface area contributed by atoms with Crippen LogP contribution in [0.15, 0.2) is 47.2 Å². The molecule has 33 heavy (non-hydrogen) atoms. The molecule has 1 unspecified atom stereocenters. The van der Waals surface area contributed by atoms with Crippen LogP contribution in [0.4, 0.5) is 0 Å². The van der Waals surface area contributed by atoms with E-state index in [-0.39, 0.29) is 12.5 Å². The van der Waals surface area contributed by atoms with Gasteiger partial charge in [0.05, 0.1) is 6.10 Å². The van der Waals surface area contributed by atoms with E-state index in [1.54, 1.807) is 0 Å². The maximum Gasteiger partial charge on any atom is 0.303 e. The summed E-state index contributed by atoms with van der Waals surface area (Å²) in [6, 6.07) is 10.1. The normalized spacial score (nSPS) is 17.0. The van der Waals surface area contributed by atoms with Gasteiger partial charge in [-0.15, -0.1) is 0 Å². The monoisotopic (exact) mass is 448 g/mol. The fourth-order valence-electron chi connectivity index (χ4n) is 4.54. The van der Waals surface area contributed by atoms with Crippen LogP contribution in [0.2, 0.25) is 0 Å². The molecule has 6 nitrogen and oxygen atoms in total. The van der Waals surface area contributed by atoms with Crippen molar-refractivity contribution in [3.63, 3.8) is 0 Å². The van der Waals surface area contributed by atoms with Crippen LogP contribution in [-0.2, 0) is 4.79 Å². The molecule has 2 heterocycles. The van der Waals surface area contributed by atoms with Crippen LogP contribution in [0, 0.1) is 5.92 Å². The molecule has 0 aliphatic heterocycles. The van der Waals surface area contributed by atoms with Crippen molar-refractivity contribution < 1.29 is 19.1 Å². The van der Waals surface area contributed by atoms with Crippen molar-refractivity contribution in [2.45, 2.75) is 71.3 Å². The lowest BCUT2D eigenvalue weighted by atomic mass is 9.84. The molecular weight excluding hydrogens is 416 g/mol. The number of nitrogens with zero attached hydrogens (tertiary/aromatic N) is 2. The first-order valence-electron chi connectivity index (χ1n) is 12.0. The second-order valence-corrected chi connectivity index (χ2v) is 8.88. The van der Waals surface area contributed by atoms with Gasteiger partial charge in [0.25, 0.3) is 0 Å². The highest BCUT2D eigenvalue weighted by molar-refractivity contribution is 5.99. The van der Waals surface area contributed by atoms with E-state index in [1.807, 2.05) is 25.1 Å². The van der Waals surface area contributed by atoms with Crippen LogP contribution < -0.4 is 4.74 Å². The first-order chi connectivity index (χ1) is 16.1. The molecule has 0 saturated heterocycles. The van der Waals surface area contributed by atoms with Gasteiger partial charge in [0.2, 0.25) is 11.6 Å². The molecule has 0 fully saturated rings. The van der Waals surface area contributed by atoms with E-state index >= 15 is 0 Å². The van der Waals surface area contributed by atoms with Gasteiger partial charge in [-0.1, -0.05) is 49.8 Å². The fraction of sp³-hybridized carbons (Fsp3) is 0.444. The third-order valence-corrected chi connectivity index (χ3v) is 6.47. The number of benzene rings is 1. The number of fused-ring (bicyclic) bond motifs is 1. The van der Waals surface area contributed by atoms with Gasteiger partial charge in [-0.3, -0.25) is 4.79 Å². The molecule has 1 aliphatic rings. The summed E-state index contributed by atoms with van der Waals surface area (Å²) in [7, 11) is 0. The van der Waals surface area contributed by atoms with Crippen molar-refractivity contribution in [3.8, 4) is 17.2 Å². The number of hydrogen-bond donors (Lipinski definition) is 1. The molecule has 6 heteroatoms. The smallest absolute Gasteiger partial charge is 0.303 e. The second-order valence-electron chi connectivity index (χ2n) is 8.88. The van der Waals surface area contributed by atoms with E-state index < -0.39 is 5.97 Å². The highest BCUT2D eigenvalue weighted by Crippen LogP contribution is 2.44. The predicted octanol–water partition coefficient (Wildman–Crippen LogP) is 6.90. The third kappa shape index (κ3) is 5.44. The molecule has 0 bridgehead atoms. The number of ether oxygens (including phenoxy) is 1. The van der Waals surface area contributed by atoms with Gasteiger partial charge in [-0.25, -0.2) is 9.97 Å². The van der Waals surface area contributed by atoms with E-state index in [1.165, 1.54) is 18.3 Å². The quantitative estimate of drug-likeness (QED) is 0.340. The van der Waals surface area contributed by atoms with E-state index in [2.05, 4.69) is 35.1 Å². The molecule has 2 atom stereocenters. The Morgan fingerprint density at radius 3 is 2.76 bits per heavy atom. The zero-order valence-corrected chi connectivity index (χ0v) is 19.4. The number of allylic oxidation sites excluding steroid dienone is 2.